The highest BCUT2D eigenvalue weighted by atomic mass is 19.1. The van der Waals surface area contributed by atoms with Gasteiger partial charge in [0.25, 0.3) is 5.91 Å². The Kier molecular flexibility index (Phi) is 4.06. The van der Waals surface area contributed by atoms with Gasteiger partial charge in [0.15, 0.2) is 0 Å². The number of benzene rings is 1. The molecule has 1 heterocycles. The van der Waals surface area contributed by atoms with Crippen molar-refractivity contribution in [3.8, 4) is 6.07 Å². The maximum atomic E-state index is 13.0. The first kappa shape index (κ1) is 13.7. The molecular formula is C15H12FN3O. The van der Waals surface area contributed by atoms with Crippen LogP contribution in [0.2, 0.25) is 0 Å². The van der Waals surface area contributed by atoms with E-state index < -0.39 is 5.95 Å². The molecule has 0 bridgehead atoms. The summed E-state index contributed by atoms with van der Waals surface area (Å²) in [6, 6.07) is 11.6. The Bertz CT molecular complexity index is 679. The van der Waals surface area contributed by atoms with E-state index in [0.717, 1.165) is 11.6 Å². The van der Waals surface area contributed by atoms with E-state index in [4.69, 9.17) is 5.26 Å². The Hall–Kier alpha value is -2.74. The lowest BCUT2D eigenvalue weighted by atomic mass is 10.1. The number of nitriles is 1. The number of amides is 1. The second-order valence-electron chi connectivity index (χ2n) is 4.34. The Balaban J connectivity index is 2.13. The minimum absolute atomic E-state index is 0.247. The van der Waals surface area contributed by atoms with Crippen LogP contribution in [0.4, 0.5) is 4.39 Å². The lowest BCUT2D eigenvalue weighted by molar-refractivity contribution is 0.0784. The summed E-state index contributed by atoms with van der Waals surface area (Å²) >= 11 is 0. The van der Waals surface area contributed by atoms with E-state index in [1.54, 1.807) is 25.2 Å². The fourth-order valence-electron chi connectivity index (χ4n) is 1.84. The molecule has 0 aliphatic rings. The minimum Gasteiger partial charge on any atom is -0.337 e. The van der Waals surface area contributed by atoms with Crippen LogP contribution >= 0.6 is 0 Å². The maximum Gasteiger partial charge on any atom is 0.254 e. The number of hydrogen-bond donors (Lipinski definition) is 0. The molecular weight excluding hydrogens is 257 g/mol. The standard InChI is InChI=1S/C15H12FN3O/c1-19(10-12-4-2-3-11(7-12)9-17)15(20)13-5-6-18-14(16)8-13/h2-8H,10H2,1H3. The third-order valence-electron chi connectivity index (χ3n) is 2.80. The maximum absolute atomic E-state index is 13.0. The van der Waals surface area contributed by atoms with Gasteiger partial charge in [0.05, 0.1) is 11.6 Å². The molecule has 20 heavy (non-hydrogen) atoms. The molecule has 1 aromatic heterocycles. The first-order chi connectivity index (χ1) is 9.60. The molecule has 0 radical (unpaired) electrons. The highest BCUT2D eigenvalue weighted by Gasteiger charge is 2.13. The zero-order chi connectivity index (χ0) is 14.5. The Morgan fingerprint density at radius 3 is 2.90 bits per heavy atom. The van der Waals surface area contributed by atoms with E-state index in [-0.39, 0.29) is 11.5 Å². The molecule has 0 unspecified atom stereocenters. The quantitative estimate of drug-likeness (QED) is 0.804. The van der Waals surface area contributed by atoms with Gasteiger partial charge < -0.3 is 4.90 Å². The van der Waals surface area contributed by atoms with Crippen LogP contribution < -0.4 is 0 Å². The van der Waals surface area contributed by atoms with Crippen molar-refractivity contribution < 1.29 is 9.18 Å². The highest BCUT2D eigenvalue weighted by Crippen LogP contribution is 2.10. The molecule has 4 nitrogen and oxygen atoms in total. The van der Waals surface area contributed by atoms with Crippen LogP contribution in [0.5, 0.6) is 0 Å². The number of halogens is 1. The monoisotopic (exact) mass is 269 g/mol. The lowest BCUT2D eigenvalue weighted by Gasteiger charge is -2.17. The lowest BCUT2D eigenvalue weighted by Crippen LogP contribution is -2.26. The molecule has 1 amide bonds. The van der Waals surface area contributed by atoms with E-state index in [1.165, 1.54) is 17.2 Å². The number of carbonyl (C=O) groups is 1. The Morgan fingerprint density at radius 1 is 1.40 bits per heavy atom. The van der Waals surface area contributed by atoms with Crippen LogP contribution in [-0.4, -0.2) is 22.8 Å². The SMILES string of the molecule is CN(Cc1cccc(C#N)c1)C(=O)c1ccnc(F)c1. The first-order valence-electron chi connectivity index (χ1n) is 5.96. The predicted molar refractivity (Wildman–Crippen MR) is 71.1 cm³/mol. The van der Waals surface area contributed by atoms with Crippen molar-refractivity contribution in [1.82, 2.24) is 9.88 Å². The number of carbonyl (C=O) groups excluding carboxylic acids is 1. The van der Waals surface area contributed by atoms with Gasteiger partial charge in [0.1, 0.15) is 0 Å². The summed E-state index contributed by atoms with van der Waals surface area (Å²) in [5, 5.41) is 8.83. The van der Waals surface area contributed by atoms with Gasteiger partial charge in [-0.05, 0) is 23.8 Å². The molecule has 0 saturated heterocycles. The average Bonchev–Trinajstić information content (AvgIpc) is 2.46. The van der Waals surface area contributed by atoms with Crippen molar-refractivity contribution in [2.24, 2.45) is 0 Å². The molecule has 0 aliphatic carbocycles. The topological polar surface area (TPSA) is 57.0 Å². The number of pyridine rings is 1. The molecule has 0 spiro atoms. The zero-order valence-electron chi connectivity index (χ0n) is 10.9. The molecule has 2 aromatic rings. The van der Waals surface area contributed by atoms with Gasteiger partial charge in [0, 0.05) is 31.4 Å². The van der Waals surface area contributed by atoms with E-state index in [9.17, 15) is 9.18 Å². The van der Waals surface area contributed by atoms with Gasteiger partial charge in [-0.3, -0.25) is 4.79 Å². The van der Waals surface area contributed by atoms with Crippen LogP contribution in [0.3, 0.4) is 0 Å². The smallest absolute Gasteiger partial charge is 0.254 e. The van der Waals surface area contributed by atoms with Crippen LogP contribution in [-0.2, 0) is 6.54 Å². The Morgan fingerprint density at radius 2 is 2.20 bits per heavy atom. The molecule has 1 aromatic carbocycles. The average molecular weight is 269 g/mol. The van der Waals surface area contributed by atoms with Crippen molar-refractivity contribution in [2.45, 2.75) is 6.54 Å². The summed E-state index contributed by atoms with van der Waals surface area (Å²) in [6.07, 6.45) is 1.26. The number of nitrogens with zero attached hydrogens (tertiary/aromatic N) is 3. The van der Waals surface area contributed by atoms with Gasteiger partial charge in [-0.15, -0.1) is 0 Å². The number of rotatable bonds is 3. The molecule has 0 saturated carbocycles. The van der Waals surface area contributed by atoms with E-state index >= 15 is 0 Å². The normalized spacial score (nSPS) is 9.85. The fourth-order valence-corrected chi connectivity index (χ4v) is 1.84. The molecule has 2 rings (SSSR count). The van der Waals surface area contributed by atoms with Crippen molar-refractivity contribution in [1.29, 1.82) is 5.26 Å². The summed E-state index contributed by atoms with van der Waals surface area (Å²) in [6.45, 7) is 0.346. The summed E-state index contributed by atoms with van der Waals surface area (Å²) in [4.78, 5) is 17.0. The number of hydrogen-bond acceptors (Lipinski definition) is 3. The van der Waals surface area contributed by atoms with Crippen LogP contribution in [0.1, 0.15) is 21.5 Å². The van der Waals surface area contributed by atoms with Crippen molar-refractivity contribution in [2.75, 3.05) is 7.05 Å². The van der Waals surface area contributed by atoms with E-state index in [0.29, 0.717) is 12.1 Å². The van der Waals surface area contributed by atoms with Crippen molar-refractivity contribution in [3.63, 3.8) is 0 Å². The van der Waals surface area contributed by atoms with Gasteiger partial charge in [-0.2, -0.15) is 9.65 Å². The van der Waals surface area contributed by atoms with Crippen molar-refractivity contribution in [3.05, 3.63) is 65.2 Å². The van der Waals surface area contributed by atoms with Crippen LogP contribution in [0.15, 0.2) is 42.6 Å². The minimum atomic E-state index is -0.685. The first-order valence-corrected chi connectivity index (χ1v) is 5.96. The van der Waals surface area contributed by atoms with Crippen molar-refractivity contribution >= 4 is 5.91 Å². The highest BCUT2D eigenvalue weighted by molar-refractivity contribution is 5.93. The molecule has 0 fully saturated rings. The second kappa shape index (κ2) is 5.93. The van der Waals surface area contributed by atoms with Gasteiger partial charge in [0.2, 0.25) is 5.95 Å². The van der Waals surface area contributed by atoms with Crippen LogP contribution in [0.25, 0.3) is 0 Å². The van der Waals surface area contributed by atoms with Gasteiger partial charge >= 0.3 is 0 Å². The molecule has 100 valence electrons. The van der Waals surface area contributed by atoms with Gasteiger partial charge in [-0.1, -0.05) is 12.1 Å². The summed E-state index contributed by atoms with van der Waals surface area (Å²) in [5.74, 6) is -0.982. The molecule has 0 aliphatic heterocycles. The summed E-state index contributed by atoms with van der Waals surface area (Å²) in [5.41, 5.74) is 1.63. The fraction of sp³-hybridized carbons (Fsp3) is 0.133. The van der Waals surface area contributed by atoms with Crippen LogP contribution in [0, 0.1) is 17.3 Å². The Labute approximate surface area is 116 Å². The molecule has 5 heteroatoms. The third-order valence-corrected chi connectivity index (χ3v) is 2.80. The third kappa shape index (κ3) is 3.18. The summed E-state index contributed by atoms with van der Waals surface area (Å²) in [7, 11) is 1.62. The summed E-state index contributed by atoms with van der Waals surface area (Å²) < 4.78 is 13.0. The molecule has 0 atom stereocenters. The molecule has 0 N–H and O–H groups in total. The zero-order valence-corrected chi connectivity index (χ0v) is 10.9. The predicted octanol–water partition coefficient (Wildman–Crippen LogP) is 2.36. The van der Waals surface area contributed by atoms with Gasteiger partial charge in [-0.25, -0.2) is 4.98 Å². The largest absolute Gasteiger partial charge is 0.337 e. The second-order valence-corrected chi connectivity index (χ2v) is 4.34. The van der Waals surface area contributed by atoms with E-state index in [2.05, 4.69) is 4.98 Å². The number of aromatic nitrogens is 1. The van der Waals surface area contributed by atoms with E-state index in [1.807, 2.05) is 12.1 Å².